The van der Waals surface area contributed by atoms with Crippen molar-refractivity contribution in [1.82, 2.24) is 0 Å². The first-order valence-corrected chi connectivity index (χ1v) is 3.54. The van der Waals surface area contributed by atoms with E-state index < -0.39 is 12.1 Å². The van der Waals surface area contributed by atoms with E-state index >= 15 is 0 Å². The van der Waals surface area contributed by atoms with Gasteiger partial charge >= 0.3 is 0 Å². The van der Waals surface area contributed by atoms with E-state index in [1.807, 2.05) is 6.92 Å². The maximum atomic E-state index is 10.2. The molecule has 0 spiro atoms. The van der Waals surface area contributed by atoms with Crippen molar-refractivity contribution in [2.24, 2.45) is 0 Å². The molecule has 0 aliphatic carbocycles. The highest BCUT2D eigenvalue weighted by atomic mass is 16.5. The normalized spacial score (nSPS) is 13.0. The molecule has 3 nitrogen and oxygen atoms in total. The topological polar surface area (TPSA) is 49.4 Å². The number of hydrogen-bond acceptors (Lipinski definition) is 3. The Hall–Kier alpha value is -0.570. The fraction of sp³-hybridized carbons (Fsp3) is 0.857. The van der Waals surface area contributed by atoms with Gasteiger partial charge in [-0.15, -0.1) is 0 Å². The Morgan fingerprint density at radius 2 is 2.20 bits per heavy atom. The Balaban J connectivity index is 3.50. The van der Waals surface area contributed by atoms with Gasteiger partial charge in [0, 0.05) is 6.61 Å². The van der Waals surface area contributed by atoms with Crippen molar-refractivity contribution in [2.75, 3.05) is 6.61 Å². The number of carboxylic acid groups (broad SMARTS) is 1. The van der Waals surface area contributed by atoms with E-state index in [0.29, 0.717) is 13.0 Å². The lowest BCUT2D eigenvalue weighted by Crippen LogP contribution is -2.37. The van der Waals surface area contributed by atoms with Crippen molar-refractivity contribution in [3.8, 4) is 0 Å². The third-order valence-electron chi connectivity index (χ3n) is 1.16. The molecular formula is C7H13O3-. The number of carbonyl (C=O) groups is 1. The van der Waals surface area contributed by atoms with Gasteiger partial charge in [-0.1, -0.05) is 13.8 Å². The van der Waals surface area contributed by atoms with Gasteiger partial charge in [-0.2, -0.15) is 0 Å². The van der Waals surface area contributed by atoms with Crippen LogP contribution in [-0.4, -0.2) is 18.7 Å². The number of rotatable bonds is 5. The van der Waals surface area contributed by atoms with Crippen molar-refractivity contribution in [3.63, 3.8) is 0 Å². The summed E-state index contributed by atoms with van der Waals surface area (Å²) in [5.74, 6) is -1.11. The van der Waals surface area contributed by atoms with Crippen molar-refractivity contribution >= 4 is 5.97 Å². The van der Waals surface area contributed by atoms with Crippen LogP contribution in [0.1, 0.15) is 26.7 Å². The average Bonchev–Trinajstić information content (AvgIpc) is 1.89. The second-order valence-corrected chi connectivity index (χ2v) is 2.09. The zero-order chi connectivity index (χ0) is 7.98. The van der Waals surface area contributed by atoms with E-state index in [1.165, 1.54) is 0 Å². The number of aliphatic carboxylic acids is 1. The highest BCUT2D eigenvalue weighted by Gasteiger charge is 2.04. The molecule has 0 rings (SSSR count). The lowest BCUT2D eigenvalue weighted by Gasteiger charge is -2.15. The van der Waals surface area contributed by atoms with Crippen LogP contribution in [0.2, 0.25) is 0 Å². The molecule has 0 heterocycles. The highest BCUT2D eigenvalue weighted by molar-refractivity contribution is 5.69. The smallest absolute Gasteiger partial charge is 0.0965 e. The van der Waals surface area contributed by atoms with E-state index in [4.69, 9.17) is 4.74 Å². The predicted octanol–water partition coefficient (Wildman–Crippen LogP) is -0.0585. The molecule has 0 bridgehead atoms. The summed E-state index contributed by atoms with van der Waals surface area (Å²) in [6.07, 6.45) is 0.589. The van der Waals surface area contributed by atoms with Crippen molar-refractivity contribution < 1.29 is 14.6 Å². The minimum absolute atomic E-state index is 0.475. The molecule has 0 fully saturated rings. The maximum absolute atomic E-state index is 10.2. The molecule has 1 unspecified atom stereocenters. The van der Waals surface area contributed by atoms with Gasteiger partial charge < -0.3 is 14.6 Å². The molecule has 0 aromatic carbocycles. The molecule has 0 saturated carbocycles. The number of ether oxygens (including phenoxy) is 1. The lowest BCUT2D eigenvalue weighted by atomic mass is 10.3. The molecule has 0 aliphatic heterocycles. The Bertz CT molecular complexity index is 101. The number of carbonyl (C=O) groups excluding carboxylic acids is 1. The summed E-state index contributed by atoms with van der Waals surface area (Å²) in [6.45, 7) is 4.19. The Morgan fingerprint density at radius 1 is 1.60 bits per heavy atom. The van der Waals surface area contributed by atoms with Gasteiger partial charge in [-0.3, -0.25) is 0 Å². The van der Waals surface area contributed by atoms with Crippen LogP contribution in [0.5, 0.6) is 0 Å². The first-order chi connectivity index (χ1) is 4.72. The van der Waals surface area contributed by atoms with Gasteiger partial charge in [0.1, 0.15) is 0 Å². The maximum Gasteiger partial charge on any atom is 0.0965 e. The lowest BCUT2D eigenvalue weighted by molar-refractivity contribution is -0.316. The van der Waals surface area contributed by atoms with E-state index in [0.717, 1.165) is 6.42 Å². The van der Waals surface area contributed by atoms with E-state index in [1.54, 1.807) is 6.92 Å². The average molecular weight is 145 g/mol. The fourth-order valence-corrected chi connectivity index (χ4v) is 0.613. The van der Waals surface area contributed by atoms with Crippen molar-refractivity contribution in [2.45, 2.75) is 32.8 Å². The van der Waals surface area contributed by atoms with Crippen LogP contribution in [0, 0.1) is 0 Å². The SMILES string of the molecule is CCCOC(CC)C(=O)[O-]. The molecular weight excluding hydrogens is 132 g/mol. The minimum atomic E-state index is -1.11. The second kappa shape index (κ2) is 5.23. The third kappa shape index (κ3) is 3.45. The van der Waals surface area contributed by atoms with Crippen LogP contribution >= 0.6 is 0 Å². The van der Waals surface area contributed by atoms with Gasteiger partial charge in [0.25, 0.3) is 0 Å². The number of hydrogen-bond donors (Lipinski definition) is 0. The van der Waals surface area contributed by atoms with Crippen LogP contribution in [-0.2, 0) is 9.53 Å². The van der Waals surface area contributed by atoms with E-state index in [9.17, 15) is 9.90 Å². The number of carboxylic acids is 1. The molecule has 0 N–H and O–H groups in total. The van der Waals surface area contributed by atoms with E-state index in [2.05, 4.69) is 0 Å². The summed E-state index contributed by atoms with van der Waals surface area (Å²) in [4.78, 5) is 10.2. The monoisotopic (exact) mass is 145 g/mol. The standard InChI is InChI=1S/C7H14O3/c1-3-5-10-6(4-2)7(8)9/h6H,3-5H2,1-2H3,(H,8,9)/p-1. The van der Waals surface area contributed by atoms with Gasteiger partial charge in [0.2, 0.25) is 0 Å². The zero-order valence-electron chi connectivity index (χ0n) is 6.42. The third-order valence-corrected chi connectivity index (χ3v) is 1.16. The molecule has 0 aromatic rings. The summed E-state index contributed by atoms with van der Waals surface area (Å²) >= 11 is 0. The van der Waals surface area contributed by atoms with Gasteiger partial charge in [-0.05, 0) is 12.8 Å². The van der Waals surface area contributed by atoms with Crippen LogP contribution in [0.25, 0.3) is 0 Å². The van der Waals surface area contributed by atoms with Gasteiger partial charge in [-0.25, -0.2) is 0 Å². The Labute approximate surface area is 61.0 Å². The largest absolute Gasteiger partial charge is 0.547 e. The summed E-state index contributed by atoms with van der Waals surface area (Å²) < 4.78 is 4.94. The molecule has 0 aliphatic rings. The van der Waals surface area contributed by atoms with Crippen molar-refractivity contribution in [1.29, 1.82) is 0 Å². The highest BCUT2D eigenvalue weighted by Crippen LogP contribution is 1.96. The molecule has 0 radical (unpaired) electrons. The first-order valence-electron chi connectivity index (χ1n) is 3.54. The summed E-state index contributed by atoms with van der Waals surface area (Å²) in [5, 5.41) is 10.2. The second-order valence-electron chi connectivity index (χ2n) is 2.09. The Kier molecular flexibility index (Phi) is 4.94. The predicted molar refractivity (Wildman–Crippen MR) is 35.3 cm³/mol. The van der Waals surface area contributed by atoms with Gasteiger partial charge in [0.15, 0.2) is 0 Å². The summed E-state index contributed by atoms with van der Waals surface area (Å²) in [5.41, 5.74) is 0. The molecule has 60 valence electrons. The molecule has 0 aromatic heterocycles. The fourth-order valence-electron chi connectivity index (χ4n) is 0.613. The summed E-state index contributed by atoms with van der Waals surface area (Å²) in [7, 11) is 0. The molecule has 0 saturated heterocycles. The zero-order valence-corrected chi connectivity index (χ0v) is 6.42. The van der Waals surface area contributed by atoms with Crippen LogP contribution < -0.4 is 5.11 Å². The quantitative estimate of drug-likeness (QED) is 0.544. The van der Waals surface area contributed by atoms with Crippen LogP contribution in [0.15, 0.2) is 0 Å². The van der Waals surface area contributed by atoms with Gasteiger partial charge in [0.05, 0.1) is 12.1 Å². The van der Waals surface area contributed by atoms with E-state index in [-0.39, 0.29) is 0 Å². The van der Waals surface area contributed by atoms with Crippen LogP contribution in [0.4, 0.5) is 0 Å². The molecule has 1 atom stereocenters. The first kappa shape index (κ1) is 9.43. The minimum Gasteiger partial charge on any atom is -0.547 e. The molecule has 3 heteroatoms. The Morgan fingerprint density at radius 3 is 2.50 bits per heavy atom. The van der Waals surface area contributed by atoms with Crippen LogP contribution in [0.3, 0.4) is 0 Å². The molecule has 10 heavy (non-hydrogen) atoms. The van der Waals surface area contributed by atoms with Crippen molar-refractivity contribution in [3.05, 3.63) is 0 Å². The molecule has 0 amide bonds. The summed E-state index contributed by atoms with van der Waals surface area (Å²) in [6, 6.07) is 0.